The molecule has 156 valence electrons. The van der Waals surface area contributed by atoms with Gasteiger partial charge in [0.1, 0.15) is 5.01 Å². The van der Waals surface area contributed by atoms with Crippen LogP contribution in [0, 0.1) is 6.92 Å². The van der Waals surface area contributed by atoms with E-state index in [1.807, 2.05) is 18.7 Å². The lowest BCUT2D eigenvalue weighted by molar-refractivity contribution is -0.133. The van der Waals surface area contributed by atoms with E-state index in [1.165, 1.54) is 22.6 Å². The lowest BCUT2D eigenvalue weighted by Crippen LogP contribution is -2.53. The van der Waals surface area contributed by atoms with Gasteiger partial charge in [-0.1, -0.05) is 37.3 Å². The fraction of sp³-hybridized carbons (Fsp3) is 0.524. The van der Waals surface area contributed by atoms with Gasteiger partial charge in [-0.25, -0.2) is 0 Å². The Morgan fingerprint density at radius 2 is 2.03 bits per heavy atom. The highest BCUT2D eigenvalue weighted by Gasteiger charge is 2.27. The highest BCUT2D eigenvalue weighted by molar-refractivity contribution is 7.15. The number of amides is 2. The van der Waals surface area contributed by atoms with Crippen molar-refractivity contribution in [2.45, 2.75) is 52.5 Å². The third kappa shape index (κ3) is 5.53. The van der Waals surface area contributed by atoms with Gasteiger partial charge in [0, 0.05) is 50.1 Å². The Labute approximate surface area is 176 Å². The smallest absolute Gasteiger partial charge is 0.226 e. The van der Waals surface area contributed by atoms with Crippen LogP contribution in [0.4, 0.5) is 10.8 Å². The monoisotopic (exact) mass is 415 g/mol. The molecule has 0 spiro atoms. The molecule has 7 nitrogen and oxygen atoms in total. The Kier molecular flexibility index (Phi) is 6.84. The molecule has 1 aliphatic rings. The van der Waals surface area contributed by atoms with Gasteiger partial charge in [-0.05, 0) is 31.5 Å². The summed E-state index contributed by atoms with van der Waals surface area (Å²) in [6, 6.07) is 8.68. The molecule has 1 atom stereocenters. The second kappa shape index (κ2) is 9.35. The van der Waals surface area contributed by atoms with Crippen LogP contribution in [0.15, 0.2) is 24.3 Å². The van der Waals surface area contributed by atoms with Gasteiger partial charge in [-0.2, -0.15) is 0 Å². The van der Waals surface area contributed by atoms with Crippen LogP contribution in [0.2, 0.25) is 0 Å². The van der Waals surface area contributed by atoms with Gasteiger partial charge >= 0.3 is 0 Å². The van der Waals surface area contributed by atoms with Crippen LogP contribution in [0.1, 0.15) is 50.1 Å². The molecule has 1 saturated heterocycles. The van der Waals surface area contributed by atoms with Crippen LogP contribution in [-0.2, 0) is 9.59 Å². The molecule has 0 radical (unpaired) electrons. The van der Waals surface area contributed by atoms with E-state index in [2.05, 4.69) is 58.5 Å². The summed E-state index contributed by atoms with van der Waals surface area (Å²) >= 11 is 1.38. The van der Waals surface area contributed by atoms with Crippen LogP contribution in [0.3, 0.4) is 0 Å². The third-order valence-corrected chi connectivity index (χ3v) is 6.20. The van der Waals surface area contributed by atoms with E-state index in [0.717, 1.165) is 11.6 Å². The number of nitrogens with zero attached hydrogens (tertiary/aromatic N) is 4. The number of hydrogen-bond acceptors (Lipinski definition) is 6. The van der Waals surface area contributed by atoms with Crippen molar-refractivity contribution in [1.82, 2.24) is 15.1 Å². The van der Waals surface area contributed by atoms with Crippen molar-refractivity contribution in [3.63, 3.8) is 0 Å². The minimum Gasteiger partial charge on any atom is -0.365 e. The number of nitrogens with one attached hydrogen (secondary N) is 1. The summed E-state index contributed by atoms with van der Waals surface area (Å²) in [4.78, 5) is 29.0. The van der Waals surface area contributed by atoms with Gasteiger partial charge in [0.05, 0.1) is 0 Å². The Hall–Kier alpha value is -2.48. The summed E-state index contributed by atoms with van der Waals surface area (Å²) in [7, 11) is 0. The molecule has 8 heteroatoms. The molecule has 0 saturated carbocycles. The first-order valence-electron chi connectivity index (χ1n) is 10.1. The number of piperazine rings is 1. The quantitative estimate of drug-likeness (QED) is 0.782. The van der Waals surface area contributed by atoms with E-state index in [-0.39, 0.29) is 36.6 Å². The van der Waals surface area contributed by atoms with Crippen molar-refractivity contribution in [3.8, 4) is 0 Å². The zero-order valence-electron chi connectivity index (χ0n) is 17.5. The van der Waals surface area contributed by atoms with Crippen LogP contribution in [0.5, 0.6) is 0 Å². The minimum absolute atomic E-state index is 0.0241. The standard InChI is InChI=1S/C21H29N5O2S/c1-14(2)20-23-24-21(29-20)22-18(27)8-9-19(28)25-10-11-26(16(4)13-25)17-7-5-6-15(3)12-17/h5-7,12,14,16H,8-11,13H2,1-4H3,(H,22,24,27). The van der Waals surface area contributed by atoms with Crippen molar-refractivity contribution in [2.75, 3.05) is 29.9 Å². The van der Waals surface area contributed by atoms with Gasteiger partial charge in [-0.3, -0.25) is 9.59 Å². The van der Waals surface area contributed by atoms with Gasteiger partial charge < -0.3 is 15.1 Å². The highest BCUT2D eigenvalue weighted by atomic mass is 32.1. The van der Waals surface area contributed by atoms with Gasteiger partial charge in [-0.15, -0.1) is 10.2 Å². The Morgan fingerprint density at radius 3 is 2.69 bits per heavy atom. The molecule has 1 aliphatic heterocycles. The summed E-state index contributed by atoms with van der Waals surface area (Å²) < 4.78 is 0. The molecule has 0 bridgehead atoms. The zero-order chi connectivity index (χ0) is 21.0. The predicted octanol–water partition coefficient (Wildman–Crippen LogP) is 3.43. The maximum absolute atomic E-state index is 12.6. The Balaban J connectivity index is 1.47. The maximum atomic E-state index is 12.6. The number of aryl methyl sites for hydroxylation is 1. The second-order valence-corrected chi connectivity index (χ2v) is 8.88. The molecular formula is C21H29N5O2S. The number of rotatable bonds is 6. The topological polar surface area (TPSA) is 78.4 Å². The molecule has 1 aromatic heterocycles. The Bertz CT molecular complexity index is 866. The number of anilines is 2. The molecule has 1 N–H and O–H groups in total. The molecule has 3 rings (SSSR count). The van der Waals surface area contributed by atoms with Crippen molar-refractivity contribution in [3.05, 3.63) is 34.8 Å². The van der Waals surface area contributed by atoms with E-state index < -0.39 is 0 Å². The van der Waals surface area contributed by atoms with Crippen LogP contribution < -0.4 is 10.2 Å². The van der Waals surface area contributed by atoms with E-state index in [4.69, 9.17) is 0 Å². The molecule has 1 fully saturated rings. The SMILES string of the molecule is Cc1cccc(N2CCN(C(=O)CCC(=O)Nc3nnc(C(C)C)s3)CC2C)c1. The van der Waals surface area contributed by atoms with Crippen LogP contribution in [0.25, 0.3) is 0 Å². The number of hydrogen-bond donors (Lipinski definition) is 1. The molecule has 29 heavy (non-hydrogen) atoms. The summed E-state index contributed by atoms with van der Waals surface area (Å²) in [6.45, 7) is 10.4. The first-order valence-corrected chi connectivity index (χ1v) is 10.9. The molecule has 1 unspecified atom stereocenters. The predicted molar refractivity (Wildman–Crippen MR) is 116 cm³/mol. The zero-order valence-corrected chi connectivity index (χ0v) is 18.3. The highest BCUT2D eigenvalue weighted by Crippen LogP contribution is 2.23. The van der Waals surface area contributed by atoms with Crippen LogP contribution in [-0.4, -0.2) is 52.6 Å². The minimum atomic E-state index is -0.198. The van der Waals surface area contributed by atoms with Gasteiger partial charge in [0.15, 0.2) is 0 Å². The maximum Gasteiger partial charge on any atom is 0.226 e. The van der Waals surface area contributed by atoms with E-state index >= 15 is 0 Å². The van der Waals surface area contributed by atoms with E-state index in [0.29, 0.717) is 18.2 Å². The Morgan fingerprint density at radius 1 is 1.24 bits per heavy atom. The molecule has 2 aromatic rings. The molecule has 1 aromatic carbocycles. The van der Waals surface area contributed by atoms with Gasteiger partial charge in [0.25, 0.3) is 0 Å². The van der Waals surface area contributed by atoms with Crippen LogP contribution >= 0.6 is 11.3 Å². The summed E-state index contributed by atoms with van der Waals surface area (Å²) in [5, 5.41) is 12.2. The molecule has 2 heterocycles. The van der Waals surface area contributed by atoms with Crippen molar-refractivity contribution < 1.29 is 9.59 Å². The van der Waals surface area contributed by atoms with E-state index in [1.54, 1.807) is 0 Å². The number of carbonyl (C=O) groups excluding carboxylic acids is 2. The first kappa shape index (κ1) is 21.2. The fourth-order valence-electron chi connectivity index (χ4n) is 3.45. The van der Waals surface area contributed by atoms with Crippen molar-refractivity contribution >= 4 is 34.0 Å². The molecular weight excluding hydrogens is 386 g/mol. The largest absolute Gasteiger partial charge is 0.365 e. The van der Waals surface area contributed by atoms with Gasteiger partial charge in [0.2, 0.25) is 16.9 Å². The number of carbonyl (C=O) groups is 2. The fourth-order valence-corrected chi connectivity index (χ4v) is 4.22. The van der Waals surface area contributed by atoms with Crippen molar-refractivity contribution in [1.29, 1.82) is 0 Å². The second-order valence-electron chi connectivity index (χ2n) is 7.87. The first-order chi connectivity index (χ1) is 13.8. The number of aromatic nitrogens is 2. The summed E-state index contributed by atoms with van der Waals surface area (Å²) in [6.07, 6.45) is 0.362. The lowest BCUT2D eigenvalue weighted by Gasteiger charge is -2.41. The summed E-state index contributed by atoms with van der Waals surface area (Å²) in [5.41, 5.74) is 2.43. The molecule has 0 aliphatic carbocycles. The van der Waals surface area contributed by atoms with E-state index in [9.17, 15) is 9.59 Å². The van der Waals surface area contributed by atoms with Crippen molar-refractivity contribution in [2.24, 2.45) is 0 Å². The summed E-state index contributed by atoms with van der Waals surface area (Å²) in [5.74, 6) is 0.104. The molecule has 2 amide bonds. The lowest BCUT2D eigenvalue weighted by atomic mass is 10.1. The third-order valence-electron chi connectivity index (χ3n) is 5.06. The average Bonchev–Trinajstić information content (AvgIpc) is 3.14. The average molecular weight is 416 g/mol. The number of benzene rings is 1. The normalized spacial score (nSPS) is 16.9.